The molecule has 0 aromatic heterocycles. The number of amides is 2. The van der Waals surface area contributed by atoms with Crippen molar-refractivity contribution in [2.45, 2.75) is 6.61 Å². The van der Waals surface area contributed by atoms with E-state index in [0.717, 1.165) is 10.5 Å². The van der Waals surface area contributed by atoms with Gasteiger partial charge in [-0.3, -0.25) is 14.9 Å². The van der Waals surface area contributed by atoms with E-state index in [-0.39, 0.29) is 23.0 Å². The molecule has 0 unspecified atom stereocenters. The Bertz CT molecular complexity index is 1300. The van der Waals surface area contributed by atoms with Crippen LogP contribution in [0.4, 0.5) is 10.1 Å². The van der Waals surface area contributed by atoms with Crippen molar-refractivity contribution in [1.29, 1.82) is 0 Å². The normalized spacial score (nSPS) is 15.1. The molecule has 0 radical (unpaired) electrons. The summed E-state index contributed by atoms with van der Waals surface area (Å²) in [6.45, 7) is 0.242. The molecule has 5 nitrogen and oxygen atoms in total. The topological polar surface area (TPSA) is 58.6 Å². The lowest BCUT2D eigenvalue weighted by Gasteiger charge is -2.29. The molecule has 9 heteroatoms. The van der Waals surface area contributed by atoms with E-state index >= 15 is 0 Å². The Balaban J connectivity index is 1.52. The fourth-order valence-corrected chi connectivity index (χ4v) is 3.87. The molecule has 0 atom stereocenters. The third kappa shape index (κ3) is 5.06. The number of benzene rings is 3. The molecule has 1 heterocycles. The number of nitrogens with zero attached hydrogens (tertiary/aromatic N) is 1. The molecule has 1 fully saturated rings. The van der Waals surface area contributed by atoms with Crippen LogP contribution < -0.4 is 15.0 Å². The first-order chi connectivity index (χ1) is 15.8. The smallest absolute Gasteiger partial charge is 0.270 e. The molecule has 1 saturated heterocycles. The third-order valence-electron chi connectivity index (χ3n) is 4.80. The van der Waals surface area contributed by atoms with E-state index in [1.165, 1.54) is 24.3 Å². The molecule has 3 aromatic carbocycles. The number of para-hydroxylation sites is 1. The third-order valence-corrected chi connectivity index (χ3v) is 5.67. The van der Waals surface area contributed by atoms with Gasteiger partial charge in [0.2, 0.25) is 0 Å². The first kappa shape index (κ1) is 22.9. The van der Waals surface area contributed by atoms with Crippen LogP contribution in [-0.4, -0.2) is 16.9 Å². The standard InChI is InChI=1S/C24H15Cl2FN2O3S/c25-16-8-7-15(19(26)12-16)13-32-17-9-5-14(6-10-17)11-18-22(30)28-24(33)29(23(18)31)21-4-2-1-3-20(21)27/h1-12H,13H2,(H,28,30,33)/b18-11+. The fraction of sp³-hybridized carbons (Fsp3) is 0.0417. The van der Waals surface area contributed by atoms with Crippen LogP contribution >= 0.6 is 35.4 Å². The monoisotopic (exact) mass is 500 g/mol. The second kappa shape index (κ2) is 9.70. The zero-order chi connectivity index (χ0) is 23.5. The average Bonchev–Trinajstić information content (AvgIpc) is 2.78. The minimum absolute atomic E-state index is 0.0389. The lowest BCUT2D eigenvalue weighted by molar-refractivity contribution is -0.122. The Hall–Kier alpha value is -3.26. The van der Waals surface area contributed by atoms with Crippen molar-refractivity contribution in [2.75, 3.05) is 4.90 Å². The number of rotatable bonds is 5. The number of halogens is 3. The van der Waals surface area contributed by atoms with Crippen LogP contribution in [0.1, 0.15) is 11.1 Å². The highest BCUT2D eigenvalue weighted by atomic mass is 35.5. The quantitative estimate of drug-likeness (QED) is 0.283. The number of nitrogens with one attached hydrogen (secondary N) is 1. The molecule has 0 bridgehead atoms. The maximum atomic E-state index is 14.2. The van der Waals surface area contributed by atoms with Crippen LogP contribution in [0.3, 0.4) is 0 Å². The number of hydrogen-bond acceptors (Lipinski definition) is 4. The van der Waals surface area contributed by atoms with E-state index in [1.807, 2.05) is 0 Å². The van der Waals surface area contributed by atoms with Gasteiger partial charge in [0.1, 0.15) is 23.7 Å². The number of ether oxygens (including phenoxy) is 1. The minimum atomic E-state index is -0.716. The van der Waals surface area contributed by atoms with Gasteiger partial charge in [0.25, 0.3) is 11.8 Å². The molecule has 2 amide bonds. The van der Waals surface area contributed by atoms with E-state index in [9.17, 15) is 14.0 Å². The van der Waals surface area contributed by atoms with Crippen molar-refractivity contribution in [3.8, 4) is 5.75 Å². The van der Waals surface area contributed by atoms with Gasteiger partial charge in [0.15, 0.2) is 5.11 Å². The Morgan fingerprint density at radius 1 is 1.03 bits per heavy atom. The Morgan fingerprint density at radius 3 is 2.45 bits per heavy atom. The zero-order valence-corrected chi connectivity index (χ0v) is 19.2. The number of thiocarbonyl (C=S) groups is 1. The summed E-state index contributed by atoms with van der Waals surface area (Å²) in [5, 5.41) is 3.29. The Morgan fingerprint density at radius 2 is 1.76 bits per heavy atom. The maximum Gasteiger partial charge on any atom is 0.270 e. The van der Waals surface area contributed by atoms with E-state index in [1.54, 1.807) is 48.5 Å². The molecule has 4 rings (SSSR count). The van der Waals surface area contributed by atoms with Gasteiger partial charge in [-0.1, -0.05) is 53.5 Å². The van der Waals surface area contributed by atoms with Crippen LogP contribution in [0.25, 0.3) is 6.08 Å². The summed E-state index contributed by atoms with van der Waals surface area (Å²) in [4.78, 5) is 26.4. The summed E-state index contributed by atoms with van der Waals surface area (Å²) in [5.41, 5.74) is 1.14. The van der Waals surface area contributed by atoms with Gasteiger partial charge in [-0.05, 0) is 60.3 Å². The van der Waals surface area contributed by atoms with E-state index in [4.69, 9.17) is 40.2 Å². The van der Waals surface area contributed by atoms with Crippen LogP contribution in [0.15, 0.2) is 72.3 Å². The average molecular weight is 501 g/mol. The number of carbonyl (C=O) groups excluding carboxylic acids is 2. The summed E-state index contributed by atoms with van der Waals surface area (Å²) in [6.07, 6.45) is 1.41. The maximum absolute atomic E-state index is 14.2. The van der Waals surface area contributed by atoms with Crippen molar-refractivity contribution in [1.82, 2.24) is 5.32 Å². The van der Waals surface area contributed by atoms with Crippen LogP contribution in [0.2, 0.25) is 10.0 Å². The van der Waals surface area contributed by atoms with Crippen molar-refractivity contribution in [3.05, 3.63) is 99.3 Å². The van der Waals surface area contributed by atoms with Crippen LogP contribution in [0, 0.1) is 5.82 Å². The summed E-state index contributed by atoms with van der Waals surface area (Å²) in [5.74, 6) is -1.44. The number of carbonyl (C=O) groups is 2. The summed E-state index contributed by atoms with van der Waals surface area (Å²) < 4.78 is 20.0. The molecule has 1 aliphatic heterocycles. The van der Waals surface area contributed by atoms with E-state index in [2.05, 4.69) is 5.32 Å². The summed E-state index contributed by atoms with van der Waals surface area (Å²) in [6, 6.07) is 17.6. The zero-order valence-electron chi connectivity index (χ0n) is 16.8. The fourth-order valence-electron chi connectivity index (χ4n) is 3.14. The van der Waals surface area contributed by atoms with Gasteiger partial charge in [-0.15, -0.1) is 0 Å². The molecule has 1 aliphatic rings. The summed E-state index contributed by atoms with van der Waals surface area (Å²) in [7, 11) is 0. The molecular weight excluding hydrogens is 486 g/mol. The first-order valence-corrected chi connectivity index (χ1v) is 10.8. The van der Waals surface area contributed by atoms with Crippen LogP contribution in [0.5, 0.6) is 5.75 Å². The Labute approximate surface area is 204 Å². The van der Waals surface area contributed by atoms with Crippen molar-refractivity contribution < 1.29 is 18.7 Å². The van der Waals surface area contributed by atoms with Gasteiger partial charge in [0, 0.05) is 15.6 Å². The predicted octanol–water partition coefficient (Wildman–Crippen LogP) is 5.54. The second-order valence-corrected chi connectivity index (χ2v) is 8.23. The Kier molecular flexibility index (Phi) is 6.74. The van der Waals surface area contributed by atoms with Crippen molar-refractivity contribution in [2.24, 2.45) is 0 Å². The molecule has 0 aliphatic carbocycles. The lowest BCUT2D eigenvalue weighted by Crippen LogP contribution is -2.54. The van der Waals surface area contributed by atoms with Crippen LogP contribution in [-0.2, 0) is 16.2 Å². The molecule has 166 valence electrons. The highest BCUT2D eigenvalue weighted by Crippen LogP contribution is 2.26. The number of hydrogen-bond donors (Lipinski definition) is 1. The van der Waals surface area contributed by atoms with Crippen molar-refractivity contribution in [3.63, 3.8) is 0 Å². The van der Waals surface area contributed by atoms with Gasteiger partial charge < -0.3 is 4.74 Å². The van der Waals surface area contributed by atoms with E-state index < -0.39 is 17.6 Å². The highest BCUT2D eigenvalue weighted by molar-refractivity contribution is 7.80. The van der Waals surface area contributed by atoms with E-state index in [0.29, 0.717) is 21.4 Å². The molecule has 0 saturated carbocycles. The SMILES string of the molecule is O=C1NC(=S)N(c2ccccc2F)C(=O)/C1=C/c1ccc(OCc2ccc(Cl)cc2Cl)cc1. The molecule has 1 N–H and O–H groups in total. The molecular formula is C24H15Cl2FN2O3S. The van der Waals surface area contributed by atoms with Gasteiger partial charge in [-0.2, -0.15) is 0 Å². The van der Waals surface area contributed by atoms with Gasteiger partial charge >= 0.3 is 0 Å². The minimum Gasteiger partial charge on any atom is -0.489 e. The van der Waals surface area contributed by atoms with Gasteiger partial charge in [-0.25, -0.2) is 9.29 Å². The predicted molar refractivity (Wildman–Crippen MR) is 130 cm³/mol. The largest absolute Gasteiger partial charge is 0.489 e. The number of anilines is 1. The first-order valence-electron chi connectivity index (χ1n) is 9.66. The summed E-state index contributed by atoms with van der Waals surface area (Å²) >= 11 is 17.1. The second-order valence-electron chi connectivity index (χ2n) is 7.00. The van der Waals surface area contributed by atoms with Gasteiger partial charge in [0.05, 0.1) is 5.69 Å². The molecule has 3 aromatic rings. The molecule has 33 heavy (non-hydrogen) atoms. The van der Waals surface area contributed by atoms with Crippen molar-refractivity contribution >= 4 is 64.1 Å². The lowest BCUT2D eigenvalue weighted by atomic mass is 10.1. The molecule has 0 spiro atoms. The highest BCUT2D eigenvalue weighted by Gasteiger charge is 2.35.